The molecule has 0 bridgehead atoms. The molecule has 2 nitrogen and oxygen atoms in total. The number of hydrogen-bond acceptors (Lipinski definition) is 2. The van der Waals surface area contributed by atoms with Crippen LogP contribution in [0.4, 0.5) is 0 Å². The molecule has 1 fully saturated rings. The van der Waals surface area contributed by atoms with Crippen molar-refractivity contribution < 1.29 is 8.85 Å². The van der Waals surface area contributed by atoms with E-state index in [-0.39, 0.29) is 0 Å². The molecule has 1 rings (SSSR count). The third-order valence-electron chi connectivity index (χ3n) is 2.83. The van der Waals surface area contributed by atoms with E-state index in [2.05, 4.69) is 46.2 Å². The molecule has 0 aromatic heterocycles. The largest absolute Gasteiger partial charge is 0.412 e. The Balaban J connectivity index is 2.63. The highest BCUT2D eigenvalue weighted by Crippen LogP contribution is 2.34. The van der Waals surface area contributed by atoms with Gasteiger partial charge in [-0.05, 0) is 58.0 Å². The van der Waals surface area contributed by atoms with E-state index < -0.39 is 16.6 Å². The van der Waals surface area contributed by atoms with Gasteiger partial charge in [0, 0.05) is 0 Å². The van der Waals surface area contributed by atoms with Gasteiger partial charge in [0.2, 0.25) is 0 Å². The molecule has 1 aliphatic carbocycles. The molecule has 0 N–H and O–H groups in total. The molecule has 0 radical (unpaired) electrons. The molecule has 0 saturated heterocycles. The lowest BCUT2D eigenvalue weighted by Crippen LogP contribution is -2.43. The second-order valence-corrected chi connectivity index (χ2v) is 15.9. The summed E-state index contributed by atoms with van der Waals surface area (Å²) in [5.74, 6) is 0.660. The third-order valence-corrected chi connectivity index (χ3v) is 4.82. The lowest BCUT2D eigenvalue weighted by Gasteiger charge is -2.33. The topological polar surface area (TPSA) is 18.5 Å². The quantitative estimate of drug-likeness (QED) is 0.715. The fourth-order valence-corrected chi connectivity index (χ4v) is 4.66. The molecular formula is C12H28O2Si2. The molecule has 4 heteroatoms. The first kappa shape index (κ1) is 14.4. The number of hydrogen-bond donors (Lipinski definition) is 0. The van der Waals surface area contributed by atoms with E-state index in [0.717, 1.165) is 0 Å². The summed E-state index contributed by atoms with van der Waals surface area (Å²) in [5, 5.41) is 0. The SMILES string of the molecule is CC1CCC(O[Si](C)(C)C)C1O[Si](C)(C)C. The van der Waals surface area contributed by atoms with E-state index in [1.807, 2.05) is 0 Å². The van der Waals surface area contributed by atoms with Gasteiger partial charge in [-0.1, -0.05) is 6.92 Å². The predicted molar refractivity (Wildman–Crippen MR) is 74.8 cm³/mol. The first-order valence-electron chi connectivity index (χ1n) is 6.44. The molecule has 0 heterocycles. The van der Waals surface area contributed by atoms with Crippen molar-refractivity contribution in [3.63, 3.8) is 0 Å². The summed E-state index contributed by atoms with van der Waals surface area (Å²) in [4.78, 5) is 0. The van der Waals surface area contributed by atoms with Crippen LogP contribution < -0.4 is 0 Å². The van der Waals surface area contributed by atoms with Gasteiger partial charge in [0.1, 0.15) is 0 Å². The lowest BCUT2D eigenvalue weighted by molar-refractivity contribution is 0.0481. The van der Waals surface area contributed by atoms with Gasteiger partial charge in [-0.2, -0.15) is 0 Å². The molecule has 0 aliphatic heterocycles. The molecule has 0 amide bonds. The Morgan fingerprint density at radius 3 is 1.75 bits per heavy atom. The van der Waals surface area contributed by atoms with Crippen LogP contribution in [0.1, 0.15) is 19.8 Å². The zero-order valence-electron chi connectivity index (χ0n) is 12.0. The minimum Gasteiger partial charge on any atom is -0.412 e. The highest BCUT2D eigenvalue weighted by atomic mass is 28.4. The van der Waals surface area contributed by atoms with E-state index in [4.69, 9.17) is 8.85 Å². The van der Waals surface area contributed by atoms with Crippen LogP contribution in [0.15, 0.2) is 0 Å². The second-order valence-electron chi connectivity index (χ2n) is 7.02. The van der Waals surface area contributed by atoms with Gasteiger partial charge in [-0.25, -0.2) is 0 Å². The van der Waals surface area contributed by atoms with Crippen LogP contribution in [0.5, 0.6) is 0 Å². The smallest absolute Gasteiger partial charge is 0.184 e. The Bertz CT molecular complexity index is 230. The Kier molecular flexibility index (Phi) is 4.43. The summed E-state index contributed by atoms with van der Waals surface area (Å²) >= 11 is 0. The summed E-state index contributed by atoms with van der Waals surface area (Å²) in [6.45, 7) is 15.9. The van der Waals surface area contributed by atoms with Crippen molar-refractivity contribution in [3.8, 4) is 0 Å². The van der Waals surface area contributed by atoms with Crippen LogP contribution in [-0.4, -0.2) is 28.8 Å². The molecule has 96 valence electrons. The fourth-order valence-electron chi connectivity index (χ4n) is 2.30. The third kappa shape index (κ3) is 4.69. The molecule has 0 aromatic rings. The van der Waals surface area contributed by atoms with Gasteiger partial charge >= 0.3 is 0 Å². The van der Waals surface area contributed by atoms with Crippen LogP contribution >= 0.6 is 0 Å². The molecular weight excluding hydrogens is 232 g/mol. The minimum atomic E-state index is -1.45. The van der Waals surface area contributed by atoms with Gasteiger partial charge in [0.15, 0.2) is 16.6 Å². The average molecular weight is 261 g/mol. The van der Waals surface area contributed by atoms with Crippen molar-refractivity contribution in [2.24, 2.45) is 5.92 Å². The standard InChI is InChI=1S/C12H28O2Si2/c1-10-8-9-11(13-15(2,3)4)12(10)14-16(5,6)7/h10-12H,8-9H2,1-7H3. The Labute approximate surface area is 103 Å². The maximum absolute atomic E-state index is 6.31. The summed E-state index contributed by atoms with van der Waals surface area (Å²) in [6, 6.07) is 0. The highest BCUT2D eigenvalue weighted by molar-refractivity contribution is 6.70. The lowest BCUT2D eigenvalue weighted by atomic mass is 10.1. The van der Waals surface area contributed by atoms with E-state index in [9.17, 15) is 0 Å². The first-order valence-corrected chi connectivity index (χ1v) is 13.3. The normalized spacial score (nSPS) is 32.1. The summed E-state index contributed by atoms with van der Waals surface area (Å²) in [5.41, 5.74) is 0. The molecule has 1 saturated carbocycles. The van der Waals surface area contributed by atoms with Crippen molar-refractivity contribution in [1.82, 2.24) is 0 Å². The van der Waals surface area contributed by atoms with Crippen LogP contribution in [0.2, 0.25) is 39.3 Å². The summed E-state index contributed by atoms with van der Waals surface area (Å²) < 4.78 is 12.6. The minimum absolute atomic E-state index is 0.346. The van der Waals surface area contributed by atoms with Crippen LogP contribution in [0.25, 0.3) is 0 Å². The molecule has 16 heavy (non-hydrogen) atoms. The number of rotatable bonds is 4. The highest BCUT2D eigenvalue weighted by Gasteiger charge is 2.39. The zero-order chi connectivity index (χ0) is 12.6. The van der Waals surface area contributed by atoms with Gasteiger partial charge in [0.05, 0.1) is 12.2 Å². The first-order chi connectivity index (χ1) is 7.08. The van der Waals surface area contributed by atoms with Crippen molar-refractivity contribution in [2.45, 2.75) is 71.3 Å². The Hall–Kier alpha value is 0.354. The van der Waals surface area contributed by atoms with Crippen molar-refractivity contribution in [3.05, 3.63) is 0 Å². The van der Waals surface area contributed by atoms with E-state index >= 15 is 0 Å². The van der Waals surface area contributed by atoms with Crippen LogP contribution in [0.3, 0.4) is 0 Å². The Morgan fingerprint density at radius 2 is 1.31 bits per heavy atom. The van der Waals surface area contributed by atoms with Crippen LogP contribution in [0, 0.1) is 5.92 Å². The summed E-state index contributed by atoms with van der Waals surface area (Å²) in [7, 11) is -2.88. The Morgan fingerprint density at radius 1 is 0.812 bits per heavy atom. The molecule has 0 spiro atoms. The van der Waals surface area contributed by atoms with E-state index in [1.165, 1.54) is 12.8 Å². The second kappa shape index (κ2) is 4.92. The van der Waals surface area contributed by atoms with E-state index in [0.29, 0.717) is 18.1 Å². The van der Waals surface area contributed by atoms with Crippen LogP contribution in [-0.2, 0) is 8.85 Å². The molecule has 0 aromatic carbocycles. The van der Waals surface area contributed by atoms with Crippen molar-refractivity contribution >= 4 is 16.6 Å². The fraction of sp³-hybridized carbons (Fsp3) is 1.00. The summed E-state index contributed by atoms with van der Waals surface area (Å²) in [6.07, 6.45) is 3.14. The van der Waals surface area contributed by atoms with Gasteiger partial charge < -0.3 is 8.85 Å². The van der Waals surface area contributed by atoms with Crippen molar-refractivity contribution in [1.29, 1.82) is 0 Å². The zero-order valence-corrected chi connectivity index (χ0v) is 14.0. The van der Waals surface area contributed by atoms with E-state index in [1.54, 1.807) is 0 Å². The van der Waals surface area contributed by atoms with Crippen molar-refractivity contribution in [2.75, 3.05) is 0 Å². The average Bonchev–Trinajstić information content (AvgIpc) is 2.30. The molecule has 1 aliphatic rings. The molecule has 3 unspecified atom stereocenters. The molecule has 3 atom stereocenters. The van der Waals surface area contributed by atoms with Gasteiger partial charge in [0.25, 0.3) is 0 Å². The van der Waals surface area contributed by atoms with Gasteiger partial charge in [-0.3, -0.25) is 0 Å². The predicted octanol–water partition coefficient (Wildman–Crippen LogP) is 3.86. The monoisotopic (exact) mass is 260 g/mol. The maximum atomic E-state index is 6.31. The maximum Gasteiger partial charge on any atom is 0.184 e. The van der Waals surface area contributed by atoms with Gasteiger partial charge in [-0.15, -0.1) is 0 Å².